The van der Waals surface area contributed by atoms with Crippen molar-refractivity contribution in [2.75, 3.05) is 44.2 Å². The molecule has 1 atom stereocenters. The van der Waals surface area contributed by atoms with Gasteiger partial charge >= 0.3 is 0 Å². The maximum absolute atomic E-state index is 14.6. The second-order valence-corrected chi connectivity index (χ2v) is 19.4. The van der Waals surface area contributed by atoms with Crippen molar-refractivity contribution in [3.8, 4) is 34.6 Å². The highest BCUT2D eigenvalue weighted by Gasteiger charge is 2.35. The summed E-state index contributed by atoms with van der Waals surface area (Å²) in [6.45, 7) is 6.80. The van der Waals surface area contributed by atoms with Crippen molar-refractivity contribution >= 4 is 37.4 Å². The summed E-state index contributed by atoms with van der Waals surface area (Å²) in [7, 11) is -3.90. The number of para-hydroxylation sites is 1. The number of sulfonamides is 1. The van der Waals surface area contributed by atoms with Gasteiger partial charge in [0.1, 0.15) is 22.9 Å². The molecule has 13 nitrogen and oxygen atoms in total. The number of ether oxygens (including phenoxy) is 3. The fraction of sp³-hybridized carbons (Fsp3) is 0.525. The summed E-state index contributed by atoms with van der Waals surface area (Å²) in [5.41, 5.74) is 0.908. The first-order chi connectivity index (χ1) is 26.5. The van der Waals surface area contributed by atoms with E-state index in [2.05, 4.69) is 36.0 Å². The van der Waals surface area contributed by atoms with E-state index in [4.69, 9.17) is 25.8 Å². The lowest BCUT2D eigenvalue weighted by Gasteiger charge is -2.26. The number of aliphatic hydroxyl groups excluding tert-OH is 1. The van der Waals surface area contributed by atoms with Gasteiger partial charge in [-0.25, -0.2) is 26.1 Å². The number of halogens is 1. The molecule has 2 aromatic carbocycles. The lowest BCUT2D eigenvalue weighted by molar-refractivity contribution is 0.198. The minimum absolute atomic E-state index is 0.0114. The standard InChI is InChI=1S/C40H56ClN5O8S2/c1-40(2,3)25-15-13-11-9-8-10-12-14-16-26-45(56(50,51)28-32(47)30-24-23-29(41)27-35(30)55(7,48)49)39-44-43-38(31-19-17-22-36(42-31)54-6)46(39)37-33(52-4)20-18-21-34(37)53-5/h17-24,27,32,47H,8-16,25-26,28H2,1-7H3/t32-/m1/s1. The molecule has 0 unspecified atom stereocenters. The van der Waals surface area contributed by atoms with Crippen LogP contribution in [-0.2, 0) is 19.9 Å². The van der Waals surface area contributed by atoms with Gasteiger partial charge in [-0.1, -0.05) is 102 Å². The molecule has 4 aromatic rings. The number of rotatable bonds is 22. The maximum Gasteiger partial charge on any atom is 0.246 e. The summed E-state index contributed by atoms with van der Waals surface area (Å²) in [5.74, 6) is 0.173. The molecule has 0 radical (unpaired) electrons. The van der Waals surface area contributed by atoms with Crippen LogP contribution in [0.2, 0.25) is 5.02 Å². The number of pyridine rings is 1. The summed E-state index contributed by atoms with van der Waals surface area (Å²) in [6, 6.07) is 14.1. The Morgan fingerprint density at radius 1 is 0.804 bits per heavy atom. The van der Waals surface area contributed by atoms with Crippen LogP contribution in [0.3, 0.4) is 0 Å². The van der Waals surface area contributed by atoms with E-state index in [1.165, 1.54) is 69.8 Å². The zero-order valence-corrected chi connectivity index (χ0v) is 35.9. The summed E-state index contributed by atoms with van der Waals surface area (Å²) in [5, 5.41) is 20.5. The van der Waals surface area contributed by atoms with Crippen LogP contribution in [-0.4, -0.2) is 81.6 Å². The molecular formula is C40H56ClN5O8S2. The van der Waals surface area contributed by atoms with Gasteiger partial charge in [0.05, 0.1) is 38.1 Å². The molecule has 56 heavy (non-hydrogen) atoms. The molecule has 0 saturated heterocycles. The highest BCUT2D eigenvalue weighted by atomic mass is 35.5. The monoisotopic (exact) mass is 833 g/mol. The summed E-state index contributed by atoms with van der Waals surface area (Å²) < 4.78 is 74.2. The SMILES string of the molecule is COc1cccc(-c2nnc(N(CCCCCCCCCCCC(C)(C)C)S(=O)(=O)C[C@@H](O)c3ccc(Cl)cc3S(C)(=O)=O)n2-c2c(OC)cccc2OC)n1. The molecule has 0 aliphatic rings. The van der Waals surface area contributed by atoms with Crippen molar-refractivity contribution < 1.29 is 36.2 Å². The van der Waals surface area contributed by atoms with Crippen molar-refractivity contribution in [3.05, 3.63) is 65.2 Å². The van der Waals surface area contributed by atoms with E-state index >= 15 is 0 Å². The number of unbranched alkanes of at least 4 members (excludes halogenated alkanes) is 8. The van der Waals surface area contributed by atoms with Gasteiger partial charge in [0.25, 0.3) is 0 Å². The Balaban J connectivity index is 1.72. The Morgan fingerprint density at radius 2 is 1.39 bits per heavy atom. The third-order valence-electron chi connectivity index (χ3n) is 9.38. The molecule has 16 heteroatoms. The Morgan fingerprint density at radius 3 is 1.96 bits per heavy atom. The molecule has 4 rings (SSSR count). The van der Waals surface area contributed by atoms with Crippen molar-refractivity contribution in [1.29, 1.82) is 0 Å². The Hall–Kier alpha value is -3.92. The van der Waals surface area contributed by atoms with Gasteiger partial charge in [0.15, 0.2) is 15.7 Å². The molecule has 0 fully saturated rings. The Labute approximate surface area is 337 Å². The van der Waals surface area contributed by atoms with E-state index in [0.29, 0.717) is 40.6 Å². The number of hydrogen-bond donors (Lipinski definition) is 1. The molecule has 0 amide bonds. The Kier molecular flexibility index (Phi) is 16.0. The smallest absolute Gasteiger partial charge is 0.246 e. The van der Waals surface area contributed by atoms with Crippen LogP contribution in [0.15, 0.2) is 59.5 Å². The van der Waals surface area contributed by atoms with Crippen LogP contribution in [0, 0.1) is 5.41 Å². The van der Waals surface area contributed by atoms with Crippen LogP contribution >= 0.6 is 11.6 Å². The number of methoxy groups -OCH3 is 3. The first kappa shape index (κ1) is 44.8. The van der Waals surface area contributed by atoms with E-state index in [1.54, 1.807) is 36.4 Å². The van der Waals surface area contributed by atoms with Crippen molar-refractivity contribution in [1.82, 2.24) is 19.7 Å². The number of benzene rings is 2. The van der Waals surface area contributed by atoms with E-state index in [0.717, 1.165) is 42.7 Å². The fourth-order valence-corrected chi connectivity index (χ4v) is 9.25. The van der Waals surface area contributed by atoms with Crippen molar-refractivity contribution in [2.24, 2.45) is 5.41 Å². The second kappa shape index (κ2) is 20.0. The Bertz CT molecular complexity index is 2100. The first-order valence-corrected chi connectivity index (χ1v) is 22.7. The minimum atomic E-state index is -4.46. The molecule has 2 heterocycles. The number of nitrogens with zero attached hydrogens (tertiary/aromatic N) is 5. The first-order valence-electron chi connectivity index (χ1n) is 18.9. The predicted molar refractivity (Wildman–Crippen MR) is 221 cm³/mol. The number of aliphatic hydroxyl groups is 1. The van der Waals surface area contributed by atoms with Gasteiger partial charge in [0, 0.05) is 29.5 Å². The third-order valence-corrected chi connectivity index (χ3v) is 12.5. The average Bonchev–Trinajstić information content (AvgIpc) is 3.57. The summed E-state index contributed by atoms with van der Waals surface area (Å²) >= 11 is 6.11. The van der Waals surface area contributed by atoms with E-state index in [-0.39, 0.29) is 33.8 Å². The minimum Gasteiger partial charge on any atom is -0.494 e. The molecule has 0 saturated carbocycles. The number of aromatic nitrogens is 4. The average molecular weight is 835 g/mol. The highest BCUT2D eigenvalue weighted by Crippen LogP contribution is 2.39. The molecule has 0 aliphatic carbocycles. The van der Waals surface area contributed by atoms with Crippen LogP contribution in [0.4, 0.5) is 5.95 Å². The molecule has 2 aromatic heterocycles. The molecular weight excluding hydrogens is 778 g/mol. The van der Waals surface area contributed by atoms with Gasteiger partial charge in [0.2, 0.25) is 21.9 Å². The topological polar surface area (TPSA) is 163 Å². The van der Waals surface area contributed by atoms with Crippen molar-refractivity contribution in [2.45, 2.75) is 96.0 Å². The largest absolute Gasteiger partial charge is 0.494 e. The number of hydrogen-bond acceptors (Lipinski definition) is 11. The quantitative estimate of drug-likeness (QED) is 0.0759. The van der Waals surface area contributed by atoms with Crippen LogP contribution in [0.1, 0.15) is 96.6 Å². The molecule has 0 spiro atoms. The third kappa shape index (κ3) is 12.0. The predicted octanol–water partition coefficient (Wildman–Crippen LogP) is 8.23. The lowest BCUT2D eigenvalue weighted by atomic mass is 9.89. The fourth-order valence-electron chi connectivity index (χ4n) is 6.51. The van der Waals surface area contributed by atoms with Gasteiger partial charge < -0.3 is 19.3 Å². The summed E-state index contributed by atoms with van der Waals surface area (Å²) in [4.78, 5) is 4.29. The van der Waals surface area contributed by atoms with Gasteiger partial charge in [-0.2, -0.15) is 0 Å². The molecule has 1 N–H and O–H groups in total. The van der Waals surface area contributed by atoms with E-state index in [1.807, 2.05) is 0 Å². The molecule has 308 valence electrons. The lowest BCUT2D eigenvalue weighted by Crippen LogP contribution is -2.38. The van der Waals surface area contributed by atoms with Crippen LogP contribution in [0.25, 0.3) is 17.2 Å². The zero-order valence-electron chi connectivity index (χ0n) is 33.5. The highest BCUT2D eigenvalue weighted by molar-refractivity contribution is 7.92. The second-order valence-electron chi connectivity index (χ2n) is 15.0. The van der Waals surface area contributed by atoms with E-state index < -0.39 is 31.7 Å². The number of anilines is 1. The number of sulfone groups is 1. The maximum atomic E-state index is 14.6. The van der Waals surface area contributed by atoms with Gasteiger partial charge in [-0.15, -0.1) is 10.2 Å². The normalized spacial score (nSPS) is 12.7. The molecule has 0 aliphatic heterocycles. The van der Waals surface area contributed by atoms with E-state index in [9.17, 15) is 21.9 Å². The van der Waals surface area contributed by atoms with Crippen LogP contribution < -0.4 is 18.5 Å². The van der Waals surface area contributed by atoms with Gasteiger partial charge in [-0.3, -0.25) is 4.57 Å². The zero-order chi connectivity index (χ0) is 41.1. The van der Waals surface area contributed by atoms with Crippen molar-refractivity contribution in [3.63, 3.8) is 0 Å². The summed E-state index contributed by atoms with van der Waals surface area (Å²) in [6.07, 6.45) is 9.53. The van der Waals surface area contributed by atoms with Crippen LogP contribution in [0.5, 0.6) is 17.4 Å². The molecule has 0 bridgehead atoms. The van der Waals surface area contributed by atoms with Gasteiger partial charge in [-0.05, 0) is 48.6 Å².